The molecule has 0 bridgehead atoms. The Morgan fingerprint density at radius 1 is 0.458 bits per heavy atom. The lowest BCUT2D eigenvalue weighted by Gasteiger charge is -2.09. The second-order valence-corrected chi connectivity index (χ2v) is 7.51. The Kier molecular flexibility index (Phi) is 13.9. The van der Waals surface area contributed by atoms with Crippen molar-refractivity contribution in [3.05, 3.63) is 35.4 Å². The third-order valence-corrected chi connectivity index (χ3v) is 5.22. The van der Waals surface area contributed by atoms with Gasteiger partial charge in [0, 0.05) is 0 Å². The molecule has 0 amide bonds. The average Bonchev–Trinajstić information content (AvgIpc) is 2.61. The summed E-state index contributed by atoms with van der Waals surface area (Å²) in [6.45, 7) is 4.58. The number of hydrogen-bond acceptors (Lipinski definition) is 0. The van der Waals surface area contributed by atoms with E-state index in [1.807, 2.05) is 0 Å². The predicted molar refractivity (Wildman–Crippen MR) is 110 cm³/mol. The van der Waals surface area contributed by atoms with Gasteiger partial charge in [-0.05, 0) is 36.8 Å². The molecule has 0 nitrogen and oxygen atoms in total. The van der Waals surface area contributed by atoms with E-state index in [4.69, 9.17) is 0 Å². The van der Waals surface area contributed by atoms with Crippen molar-refractivity contribution in [3.8, 4) is 0 Å². The van der Waals surface area contributed by atoms with Gasteiger partial charge in [-0.1, -0.05) is 115 Å². The summed E-state index contributed by atoms with van der Waals surface area (Å²) < 4.78 is 0. The fourth-order valence-electron chi connectivity index (χ4n) is 3.57. The smallest absolute Gasteiger partial charge is 0.0276 e. The highest BCUT2D eigenvalue weighted by atomic mass is 14.1. The molecule has 0 aromatic heterocycles. The molecule has 1 aromatic carbocycles. The molecule has 0 radical (unpaired) electrons. The van der Waals surface area contributed by atoms with Crippen molar-refractivity contribution in [2.45, 2.75) is 117 Å². The van der Waals surface area contributed by atoms with Crippen LogP contribution in [0.3, 0.4) is 0 Å². The van der Waals surface area contributed by atoms with Crippen molar-refractivity contribution in [3.63, 3.8) is 0 Å². The Balaban J connectivity index is 1.97. The van der Waals surface area contributed by atoms with Crippen molar-refractivity contribution < 1.29 is 0 Å². The summed E-state index contributed by atoms with van der Waals surface area (Å²) in [4.78, 5) is 0. The molecule has 0 unspecified atom stereocenters. The Labute approximate surface area is 152 Å². The lowest BCUT2D eigenvalue weighted by atomic mass is 9.97. The van der Waals surface area contributed by atoms with Gasteiger partial charge in [0.25, 0.3) is 0 Å². The quantitative estimate of drug-likeness (QED) is 0.267. The molecule has 0 fully saturated rings. The van der Waals surface area contributed by atoms with Gasteiger partial charge < -0.3 is 0 Å². The van der Waals surface area contributed by atoms with Gasteiger partial charge in [-0.25, -0.2) is 0 Å². The van der Waals surface area contributed by atoms with Gasteiger partial charge in [-0.15, -0.1) is 0 Å². The Bertz CT molecular complexity index is 379. The largest absolute Gasteiger partial charge is 0.0654 e. The fourth-order valence-corrected chi connectivity index (χ4v) is 3.57. The van der Waals surface area contributed by atoms with Crippen LogP contribution in [0.2, 0.25) is 0 Å². The van der Waals surface area contributed by atoms with Crippen LogP contribution in [0.4, 0.5) is 0 Å². The van der Waals surface area contributed by atoms with Crippen molar-refractivity contribution in [1.29, 1.82) is 0 Å². The minimum absolute atomic E-state index is 1.27. The van der Waals surface area contributed by atoms with Crippen LogP contribution in [0, 0.1) is 0 Å². The average molecular weight is 331 g/mol. The summed E-state index contributed by atoms with van der Waals surface area (Å²) in [7, 11) is 0. The maximum Gasteiger partial charge on any atom is -0.0276 e. The molecule has 0 saturated carbocycles. The normalized spacial score (nSPS) is 11.1. The predicted octanol–water partition coefficient (Wildman–Crippen LogP) is 8.27. The SMILES string of the molecule is CCCCCCCCCCCCCCc1ccccc1CCCC. The Hall–Kier alpha value is -0.780. The first kappa shape index (κ1) is 21.3. The second-order valence-electron chi connectivity index (χ2n) is 7.51. The second kappa shape index (κ2) is 15.7. The Morgan fingerprint density at radius 3 is 1.29 bits per heavy atom. The standard InChI is InChI=1S/C24H42/c1-3-5-7-8-9-10-11-12-13-14-15-16-20-24-22-18-17-21-23(24)19-6-4-2/h17-18,21-22H,3-16,19-20H2,1-2H3. The van der Waals surface area contributed by atoms with Crippen molar-refractivity contribution in [2.24, 2.45) is 0 Å². The number of unbranched alkanes of at least 4 members (excludes halogenated alkanes) is 12. The third kappa shape index (κ3) is 10.9. The van der Waals surface area contributed by atoms with Gasteiger partial charge in [-0.3, -0.25) is 0 Å². The monoisotopic (exact) mass is 330 g/mol. The molecule has 0 aliphatic rings. The molecule has 0 saturated heterocycles. The molecule has 0 spiro atoms. The van der Waals surface area contributed by atoms with Crippen LogP contribution in [0.15, 0.2) is 24.3 Å². The van der Waals surface area contributed by atoms with Crippen LogP contribution < -0.4 is 0 Å². The topological polar surface area (TPSA) is 0 Å². The highest BCUT2D eigenvalue weighted by molar-refractivity contribution is 5.27. The number of aryl methyl sites for hydroxylation is 2. The number of hydrogen-bond donors (Lipinski definition) is 0. The van der Waals surface area contributed by atoms with Crippen LogP contribution in [0.1, 0.15) is 115 Å². The maximum absolute atomic E-state index is 2.35. The van der Waals surface area contributed by atoms with E-state index in [0.717, 1.165) is 0 Å². The van der Waals surface area contributed by atoms with Gasteiger partial charge >= 0.3 is 0 Å². The summed E-state index contributed by atoms with van der Waals surface area (Å²) in [5.41, 5.74) is 3.21. The minimum Gasteiger partial charge on any atom is -0.0654 e. The zero-order valence-electron chi connectivity index (χ0n) is 16.6. The Morgan fingerprint density at radius 2 is 0.833 bits per heavy atom. The molecule has 138 valence electrons. The first-order chi connectivity index (χ1) is 11.9. The summed E-state index contributed by atoms with van der Waals surface area (Å²) in [6.07, 6.45) is 22.4. The molecule has 0 aliphatic heterocycles. The summed E-state index contributed by atoms with van der Waals surface area (Å²) in [5, 5.41) is 0. The zero-order valence-corrected chi connectivity index (χ0v) is 16.6. The molecule has 0 aliphatic carbocycles. The van der Waals surface area contributed by atoms with Crippen LogP contribution in [-0.4, -0.2) is 0 Å². The minimum atomic E-state index is 1.27. The highest BCUT2D eigenvalue weighted by Gasteiger charge is 2.01. The fraction of sp³-hybridized carbons (Fsp3) is 0.750. The molecule has 0 atom stereocenters. The summed E-state index contributed by atoms with van der Waals surface area (Å²) in [6, 6.07) is 9.11. The van der Waals surface area contributed by atoms with E-state index >= 15 is 0 Å². The van der Waals surface area contributed by atoms with E-state index in [-0.39, 0.29) is 0 Å². The van der Waals surface area contributed by atoms with Crippen molar-refractivity contribution in [1.82, 2.24) is 0 Å². The van der Waals surface area contributed by atoms with E-state index in [9.17, 15) is 0 Å². The van der Waals surface area contributed by atoms with E-state index in [0.29, 0.717) is 0 Å². The van der Waals surface area contributed by atoms with Crippen LogP contribution in [0.5, 0.6) is 0 Å². The van der Waals surface area contributed by atoms with Gasteiger partial charge in [0.1, 0.15) is 0 Å². The van der Waals surface area contributed by atoms with Gasteiger partial charge in [0.15, 0.2) is 0 Å². The number of rotatable bonds is 16. The molecule has 1 aromatic rings. The molecule has 0 heteroatoms. The van der Waals surface area contributed by atoms with E-state index < -0.39 is 0 Å². The van der Waals surface area contributed by atoms with Gasteiger partial charge in [-0.2, -0.15) is 0 Å². The zero-order chi connectivity index (χ0) is 17.3. The molecule has 24 heavy (non-hydrogen) atoms. The third-order valence-electron chi connectivity index (χ3n) is 5.22. The van der Waals surface area contributed by atoms with E-state index in [2.05, 4.69) is 38.1 Å². The molecule has 0 heterocycles. The van der Waals surface area contributed by atoms with Crippen LogP contribution in [0.25, 0.3) is 0 Å². The molecular weight excluding hydrogens is 288 g/mol. The van der Waals surface area contributed by atoms with Crippen molar-refractivity contribution in [2.75, 3.05) is 0 Å². The first-order valence-corrected chi connectivity index (χ1v) is 10.9. The first-order valence-electron chi connectivity index (χ1n) is 10.9. The van der Waals surface area contributed by atoms with Gasteiger partial charge in [0.05, 0.1) is 0 Å². The van der Waals surface area contributed by atoms with E-state index in [1.54, 1.807) is 11.1 Å². The molecule has 0 N–H and O–H groups in total. The van der Waals surface area contributed by atoms with Crippen LogP contribution in [-0.2, 0) is 12.8 Å². The van der Waals surface area contributed by atoms with Gasteiger partial charge in [0.2, 0.25) is 0 Å². The summed E-state index contributed by atoms with van der Waals surface area (Å²) in [5.74, 6) is 0. The van der Waals surface area contributed by atoms with E-state index in [1.165, 1.54) is 103 Å². The van der Waals surface area contributed by atoms with Crippen LogP contribution >= 0.6 is 0 Å². The number of benzene rings is 1. The highest BCUT2D eigenvalue weighted by Crippen LogP contribution is 2.17. The van der Waals surface area contributed by atoms with Crippen molar-refractivity contribution >= 4 is 0 Å². The lowest BCUT2D eigenvalue weighted by molar-refractivity contribution is 0.544. The summed E-state index contributed by atoms with van der Waals surface area (Å²) >= 11 is 0. The maximum atomic E-state index is 2.35. The molecule has 1 rings (SSSR count). The lowest BCUT2D eigenvalue weighted by Crippen LogP contribution is -1.94. The molecular formula is C24H42.